The minimum Gasteiger partial charge on any atom is -0.494 e. The van der Waals surface area contributed by atoms with E-state index in [0.29, 0.717) is 36.8 Å². The van der Waals surface area contributed by atoms with Gasteiger partial charge in [-0.25, -0.2) is 4.79 Å². The van der Waals surface area contributed by atoms with E-state index in [0.717, 1.165) is 4.90 Å². The summed E-state index contributed by atoms with van der Waals surface area (Å²) in [7, 11) is 0. The second kappa shape index (κ2) is 6.98. The molecule has 3 amide bonds. The van der Waals surface area contributed by atoms with Crippen molar-refractivity contribution in [2.75, 3.05) is 19.8 Å². The predicted octanol–water partition coefficient (Wildman–Crippen LogP) is 2.40. The summed E-state index contributed by atoms with van der Waals surface area (Å²) in [6.45, 7) is 6.93. The van der Waals surface area contributed by atoms with Crippen LogP contribution >= 0.6 is 0 Å². The van der Waals surface area contributed by atoms with Crippen LogP contribution < -0.4 is 14.8 Å². The summed E-state index contributed by atoms with van der Waals surface area (Å²) in [6, 6.07) is 4.98. The minimum atomic E-state index is -0.400. The molecule has 0 aliphatic carbocycles. The fraction of sp³-hybridized carbons (Fsp3) is 0.375. The van der Waals surface area contributed by atoms with Crippen LogP contribution in [0, 0.1) is 0 Å². The van der Waals surface area contributed by atoms with E-state index >= 15 is 0 Å². The molecule has 0 unspecified atom stereocenters. The van der Waals surface area contributed by atoms with Gasteiger partial charge in [0.1, 0.15) is 17.2 Å². The monoisotopic (exact) mass is 304 g/mol. The zero-order chi connectivity index (χ0) is 16.1. The minimum absolute atomic E-state index is 0.247. The molecule has 1 saturated heterocycles. The van der Waals surface area contributed by atoms with Gasteiger partial charge in [-0.15, -0.1) is 0 Å². The van der Waals surface area contributed by atoms with Gasteiger partial charge in [-0.05, 0) is 39.0 Å². The van der Waals surface area contributed by atoms with Crippen molar-refractivity contribution in [3.05, 3.63) is 29.5 Å². The number of benzene rings is 1. The number of likely N-dealkylation sites (N-methyl/N-ethyl adjacent to an activating group) is 1. The molecule has 118 valence electrons. The third-order valence-electron chi connectivity index (χ3n) is 3.17. The topological polar surface area (TPSA) is 67.9 Å². The number of hydrogen-bond acceptors (Lipinski definition) is 4. The zero-order valence-electron chi connectivity index (χ0n) is 13.0. The molecule has 0 spiro atoms. The fourth-order valence-electron chi connectivity index (χ4n) is 2.19. The molecular weight excluding hydrogens is 284 g/mol. The van der Waals surface area contributed by atoms with Crippen LogP contribution in [0.2, 0.25) is 0 Å². The number of urea groups is 1. The third-order valence-corrected chi connectivity index (χ3v) is 3.17. The van der Waals surface area contributed by atoms with Gasteiger partial charge in [0.05, 0.1) is 13.2 Å². The summed E-state index contributed by atoms with van der Waals surface area (Å²) in [5, 5.41) is 2.57. The standard InChI is InChI=1S/C16H20N2O4/c1-4-18-15(19)13(17-16(18)20)9-11-7-8-12(21-5-2)10-14(11)22-6-3/h7-10H,4-6H2,1-3H3,(H,17,20)/b13-9+. The van der Waals surface area contributed by atoms with Crippen LogP contribution in [0.25, 0.3) is 6.08 Å². The Bertz CT molecular complexity index is 610. The average Bonchev–Trinajstić information content (AvgIpc) is 2.76. The van der Waals surface area contributed by atoms with Gasteiger partial charge in [0.25, 0.3) is 5.91 Å². The molecule has 1 aromatic rings. The van der Waals surface area contributed by atoms with E-state index in [9.17, 15) is 9.59 Å². The van der Waals surface area contributed by atoms with Crippen LogP contribution in [0.4, 0.5) is 4.79 Å². The van der Waals surface area contributed by atoms with Gasteiger partial charge in [-0.3, -0.25) is 9.69 Å². The van der Waals surface area contributed by atoms with E-state index in [1.807, 2.05) is 13.8 Å². The molecule has 1 aliphatic heterocycles. The van der Waals surface area contributed by atoms with Crippen molar-refractivity contribution in [1.29, 1.82) is 0 Å². The van der Waals surface area contributed by atoms with E-state index in [4.69, 9.17) is 9.47 Å². The van der Waals surface area contributed by atoms with E-state index in [-0.39, 0.29) is 11.6 Å². The highest BCUT2D eigenvalue weighted by Gasteiger charge is 2.32. The molecule has 6 heteroatoms. The Hall–Kier alpha value is -2.50. The molecule has 0 saturated carbocycles. The summed E-state index contributed by atoms with van der Waals surface area (Å²) in [6.07, 6.45) is 1.62. The molecule has 2 rings (SSSR count). The second-order valence-electron chi connectivity index (χ2n) is 4.60. The second-order valence-corrected chi connectivity index (χ2v) is 4.60. The number of ether oxygens (including phenoxy) is 2. The number of carbonyl (C=O) groups excluding carboxylic acids is 2. The average molecular weight is 304 g/mol. The number of hydrogen-bond donors (Lipinski definition) is 1. The highest BCUT2D eigenvalue weighted by atomic mass is 16.5. The molecule has 1 heterocycles. The van der Waals surface area contributed by atoms with Crippen molar-refractivity contribution < 1.29 is 19.1 Å². The molecule has 1 N–H and O–H groups in total. The summed E-state index contributed by atoms with van der Waals surface area (Å²) in [5.74, 6) is 0.979. The first kappa shape index (κ1) is 15.9. The summed E-state index contributed by atoms with van der Waals surface area (Å²) in [4.78, 5) is 24.9. The summed E-state index contributed by atoms with van der Waals surface area (Å²) >= 11 is 0. The Labute approximate surface area is 129 Å². The molecule has 0 atom stereocenters. The quantitative estimate of drug-likeness (QED) is 0.647. The lowest BCUT2D eigenvalue weighted by Gasteiger charge is -2.10. The van der Waals surface area contributed by atoms with Crippen molar-refractivity contribution in [2.45, 2.75) is 20.8 Å². The number of nitrogens with one attached hydrogen (secondary N) is 1. The first-order chi connectivity index (χ1) is 10.6. The largest absolute Gasteiger partial charge is 0.494 e. The fourth-order valence-corrected chi connectivity index (χ4v) is 2.19. The summed E-state index contributed by atoms with van der Waals surface area (Å²) in [5.41, 5.74) is 0.962. The van der Waals surface area contributed by atoms with Gasteiger partial charge in [-0.1, -0.05) is 0 Å². The Balaban J connectivity index is 2.34. The zero-order valence-corrected chi connectivity index (χ0v) is 13.0. The van der Waals surface area contributed by atoms with Gasteiger partial charge in [0, 0.05) is 18.2 Å². The van der Waals surface area contributed by atoms with Crippen molar-refractivity contribution in [3.63, 3.8) is 0 Å². The number of nitrogens with zero attached hydrogens (tertiary/aromatic N) is 1. The van der Waals surface area contributed by atoms with E-state index < -0.39 is 6.03 Å². The van der Waals surface area contributed by atoms with E-state index in [1.165, 1.54) is 0 Å². The molecule has 1 fully saturated rings. The van der Waals surface area contributed by atoms with E-state index in [2.05, 4.69) is 5.32 Å². The molecule has 0 radical (unpaired) electrons. The Kier molecular flexibility index (Phi) is 5.04. The van der Waals surface area contributed by atoms with Gasteiger partial charge in [0.15, 0.2) is 0 Å². The number of imide groups is 1. The number of carbonyl (C=O) groups is 2. The van der Waals surface area contributed by atoms with Gasteiger partial charge < -0.3 is 14.8 Å². The predicted molar refractivity (Wildman–Crippen MR) is 82.7 cm³/mol. The van der Waals surface area contributed by atoms with Crippen molar-refractivity contribution in [2.24, 2.45) is 0 Å². The number of rotatable bonds is 6. The summed E-state index contributed by atoms with van der Waals surface area (Å²) < 4.78 is 11.0. The molecule has 6 nitrogen and oxygen atoms in total. The maximum absolute atomic E-state index is 12.1. The lowest BCUT2D eigenvalue weighted by molar-refractivity contribution is -0.122. The number of amides is 3. The third kappa shape index (κ3) is 3.21. The van der Waals surface area contributed by atoms with Crippen molar-refractivity contribution >= 4 is 18.0 Å². The van der Waals surface area contributed by atoms with Crippen LogP contribution in [0.5, 0.6) is 11.5 Å². The lowest BCUT2D eigenvalue weighted by Crippen LogP contribution is -2.30. The normalized spacial score (nSPS) is 16.1. The molecular formula is C16H20N2O4. The smallest absolute Gasteiger partial charge is 0.328 e. The molecule has 22 heavy (non-hydrogen) atoms. The Morgan fingerprint density at radius 2 is 1.86 bits per heavy atom. The lowest BCUT2D eigenvalue weighted by atomic mass is 10.1. The van der Waals surface area contributed by atoms with E-state index in [1.54, 1.807) is 31.2 Å². The van der Waals surface area contributed by atoms with Crippen molar-refractivity contribution in [3.8, 4) is 11.5 Å². The van der Waals surface area contributed by atoms with Crippen LogP contribution in [-0.2, 0) is 4.79 Å². The SMILES string of the molecule is CCOc1ccc(/C=C2/NC(=O)N(CC)C2=O)c(OCC)c1. The first-order valence-corrected chi connectivity index (χ1v) is 7.34. The maximum Gasteiger partial charge on any atom is 0.328 e. The van der Waals surface area contributed by atoms with Crippen LogP contribution in [0.1, 0.15) is 26.3 Å². The highest BCUT2D eigenvalue weighted by molar-refractivity contribution is 6.14. The van der Waals surface area contributed by atoms with Crippen LogP contribution in [-0.4, -0.2) is 36.6 Å². The highest BCUT2D eigenvalue weighted by Crippen LogP contribution is 2.27. The van der Waals surface area contributed by atoms with Crippen LogP contribution in [0.15, 0.2) is 23.9 Å². The molecule has 0 bridgehead atoms. The van der Waals surface area contributed by atoms with Gasteiger partial charge >= 0.3 is 6.03 Å². The Morgan fingerprint density at radius 1 is 1.14 bits per heavy atom. The molecule has 0 aromatic heterocycles. The van der Waals surface area contributed by atoms with Gasteiger partial charge in [-0.2, -0.15) is 0 Å². The van der Waals surface area contributed by atoms with Crippen molar-refractivity contribution in [1.82, 2.24) is 10.2 Å². The van der Waals surface area contributed by atoms with Crippen LogP contribution in [0.3, 0.4) is 0 Å². The molecule has 1 aliphatic rings. The van der Waals surface area contributed by atoms with Gasteiger partial charge in [0.2, 0.25) is 0 Å². The molecule has 1 aromatic carbocycles. The Morgan fingerprint density at radius 3 is 2.45 bits per heavy atom. The maximum atomic E-state index is 12.1. The first-order valence-electron chi connectivity index (χ1n) is 7.34.